The Kier molecular flexibility index (Phi) is 5.36. The summed E-state index contributed by atoms with van der Waals surface area (Å²) in [5.74, 6) is 1.10. The zero-order chi connectivity index (χ0) is 21.4. The summed E-state index contributed by atoms with van der Waals surface area (Å²) < 4.78 is 13.6. The number of hydrogen-bond donors (Lipinski definition) is 1. The number of pyridine rings is 1. The second-order valence-electron chi connectivity index (χ2n) is 8.50. The van der Waals surface area contributed by atoms with Gasteiger partial charge in [0.2, 0.25) is 0 Å². The summed E-state index contributed by atoms with van der Waals surface area (Å²) in [6.45, 7) is 5.99. The Morgan fingerprint density at radius 3 is 3.00 bits per heavy atom. The molecule has 3 aromatic heterocycles. The molecule has 0 spiro atoms. The maximum absolute atomic E-state index is 12.8. The zero-order valence-electron chi connectivity index (χ0n) is 18.1. The predicted molar refractivity (Wildman–Crippen MR) is 116 cm³/mol. The molecule has 7 heteroatoms. The molecule has 31 heavy (non-hydrogen) atoms. The number of ether oxygens (including phenoxy) is 1. The van der Waals surface area contributed by atoms with Gasteiger partial charge in [0.05, 0.1) is 24.0 Å². The van der Waals surface area contributed by atoms with Gasteiger partial charge in [0.25, 0.3) is 5.91 Å². The highest BCUT2D eigenvalue weighted by Gasteiger charge is 2.29. The molecule has 4 heterocycles. The summed E-state index contributed by atoms with van der Waals surface area (Å²) in [4.78, 5) is 17.3. The molecule has 1 fully saturated rings. The Bertz CT molecular complexity index is 1110. The highest BCUT2D eigenvalue weighted by Crippen LogP contribution is 2.38. The number of nitrogens with one attached hydrogen (secondary N) is 1. The van der Waals surface area contributed by atoms with Crippen LogP contribution in [0.2, 0.25) is 0 Å². The van der Waals surface area contributed by atoms with Gasteiger partial charge in [0.15, 0.2) is 5.76 Å². The van der Waals surface area contributed by atoms with Gasteiger partial charge in [0, 0.05) is 42.6 Å². The number of carbonyl (C=O) groups is 1. The smallest absolute Gasteiger partial charge is 0.287 e. The van der Waals surface area contributed by atoms with Crippen LogP contribution in [0.15, 0.2) is 28.8 Å². The Morgan fingerprint density at radius 2 is 2.19 bits per heavy atom. The van der Waals surface area contributed by atoms with E-state index in [9.17, 15) is 4.79 Å². The fraction of sp³-hybridized carbons (Fsp3) is 0.458. The van der Waals surface area contributed by atoms with Crippen LogP contribution < -0.4 is 5.32 Å². The minimum atomic E-state index is -0.158. The number of carbonyl (C=O) groups excluding carboxylic acids is 1. The average Bonchev–Trinajstić information content (AvgIpc) is 3.46. The van der Waals surface area contributed by atoms with E-state index >= 15 is 0 Å². The van der Waals surface area contributed by atoms with Gasteiger partial charge < -0.3 is 14.5 Å². The predicted octanol–water partition coefficient (Wildman–Crippen LogP) is 3.60. The van der Waals surface area contributed by atoms with Crippen LogP contribution in [-0.2, 0) is 24.1 Å². The first-order valence-corrected chi connectivity index (χ1v) is 11.1. The van der Waals surface area contributed by atoms with Gasteiger partial charge in [-0.3, -0.25) is 14.5 Å². The van der Waals surface area contributed by atoms with Crippen molar-refractivity contribution in [2.75, 3.05) is 13.2 Å². The van der Waals surface area contributed by atoms with E-state index in [0.717, 1.165) is 72.7 Å². The molecule has 1 amide bonds. The molecule has 1 N–H and O–H groups in total. The van der Waals surface area contributed by atoms with Crippen molar-refractivity contribution in [1.29, 1.82) is 0 Å². The van der Waals surface area contributed by atoms with E-state index in [1.807, 2.05) is 36.7 Å². The highest BCUT2D eigenvalue weighted by atomic mass is 16.5. The maximum Gasteiger partial charge on any atom is 0.287 e. The van der Waals surface area contributed by atoms with Crippen molar-refractivity contribution in [3.05, 3.63) is 58.4 Å². The van der Waals surface area contributed by atoms with Crippen molar-refractivity contribution in [1.82, 2.24) is 20.1 Å². The molecule has 0 saturated carbocycles. The first kappa shape index (κ1) is 20.0. The van der Waals surface area contributed by atoms with Crippen LogP contribution in [0.3, 0.4) is 0 Å². The third kappa shape index (κ3) is 4.02. The molecular formula is C24H28N4O3. The lowest BCUT2D eigenvalue weighted by Gasteiger charge is -2.09. The number of aromatic nitrogens is 3. The minimum absolute atomic E-state index is 0.158. The van der Waals surface area contributed by atoms with Gasteiger partial charge in [-0.05, 0) is 57.2 Å². The van der Waals surface area contributed by atoms with E-state index < -0.39 is 0 Å². The Hall–Kier alpha value is -2.93. The van der Waals surface area contributed by atoms with Crippen LogP contribution in [0.5, 0.6) is 0 Å². The van der Waals surface area contributed by atoms with Crippen LogP contribution in [0, 0.1) is 13.8 Å². The quantitative estimate of drug-likeness (QED) is 0.659. The molecular weight excluding hydrogens is 392 g/mol. The SMILES string of the molecule is Cc1cccc(Cn2cc3c(n2)-c2c(oc(C(=O)NCCC4CCCO4)c2C)CC3)n1. The lowest BCUT2D eigenvalue weighted by Crippen LogP contribution is -2.27. The molecule has 1 unspecified atom stereocenters. The fourth-order valence-corrected chi connectivity index (χ4v) is 4.61. The summed E-state index contributed by atoms with van der Waals surface area (Å²) >= 11 is 0. The van der Waals surface area contributed by atoms with Crippen molar-refractivity contribution < 1.29 is 13.9 Å². The first-order chi connectivity index (χ1) is 15.1. The van der Waals surface area contributed by atoms with E-state index in [4.69, 9.17) is 14.3 Å². The van der Waals surface area contributed by atoms with Crippen LogP contribution >= 0.6 is 0 Å². The number of rotatable bonds is 6. The molecule has 7 nitrogen and oxygen atoms in total. The minimum Gasteiger partial charge on any atom is -0.455 e. The summed E-state index contributed by atoms with van der Waals surface area (Å²) in [7, 11) is 0. The Labute approximate surface area is 181 Å². The summed E-state index contributed by atoms with van der Waals surface area (Å²) in [6, 6.07) is 6.02. The summed E-state index contributed by atoms with van der Waals surface area (Å²) in [5.41, 5.74) is 5.93. The van der Waals surface area contributed by atoms with E-state index in [2.05, 4.69) is 16.5 Å². The second kappa shape index (κ2) is 8.30. The van der Waals surface area contributed by atoms with Gasteiger partial charge in [-0.1, -0.05) is 6.07 Å². The van der Waals surface area contributed by atoms with Gasteiger partial charge in [-0.2, -0.15) is 5.10 Å². The molecule has 1 atom stereocenters. The molecule has 162 valence electrons. The van der Waals surface area contributed by atoms with Gasteiger partial charge in [-0.25, -0.2) is 0 Å². The zero-order valence-corrected chi connectivity index (χ0v) is 18.1. The molecule has 0 aromatic carbocycles. The molecule has 1 aliphatic carbocycles. The summed E-state index contributed by atoms with van der Waals surface area (Å²) in [6.07, 6.45) is 7.02. The number of hydrogen-bond acceptors (Lipinski definition) is 5. The molecule has 0 radical (unpaired) electrons. The van der Waals surface area contributed by atoms with E-state index in [1.54, 1.807) is 0 Å². The van der Waals surface area contributed by atoms with Crippen molar-refractivity contribution >= 4 is 5.91 Å². The molecule has 1 aliphatic heterocycles. The largest absolute Gasteiger partial charge is 0.455 e. The van der Waals surface area contributed by atoms with Gasteiger partial charge in [0.1, 0.15) is 5.76 Å². The number of aryl methyl sites for hydroxylation is 3. The average molecular weight is 421 g/mol. The molecule has 5 rings (SSSR count). The number of fused-ring (bicyclic) bond motifs is 3. The normalized spacial score (nSPS) is 17.4. The van der Waals surface area contributed by atoms with Crippen molar-refractivity contribution in [2.24, 2.45) is 0 Å². The third-order valence-corrected chi connectivity index (χ3v) is 6.17. The van der Waals surface area contributed by atoms with Gasteiger partial charge in [-0.15, -0.1) is 0 Å². The standard InChI is InChI=1S/C24H28N4O3/c1-15-5-3-6-18(26-15)14-28-13-17-8-9-20-21(22(17)27-28)16(2)23(31-20)24(29)25-11-10-19-7-4-12-30-19/h3,5-6,13,19H,4,7-12,14H2,1-2H3,(H,25,29). The van der Waals surface area contributed by atoms with Crippen LogP contribution in [0.1, 0.15) is 58.1 Å². The number of nitrogens with zero attached hydrogens (tertiary/aromatic N) is 3. The molecule has 0 bridgehead atoms. The van der Waals surface area contributed by atoms with E-state index in [0.29, 0.717) is 18.8 Å². The fourth-order valence-electron chi connectivity index (χ4n) is 4.61. The van der Waals surface area contributed by atoms with E-state index in [-0.39, 0.29) is 12.0 Å². The highest BCUT2D eigenvalue weighted by molar-refractivity contribution is 5.95. The monoisotopic (exact) mass is 420 g/mol. The Balaban J connectivity index is 1.33. The lowest BCUT2D eigenvalue weighted by atomic mass is 9.93. The van der Waals surface area contributed by atoms with Crippen molar-refractivity contribution in [2.45, 2.75) is 58.6 Å². The molecule has 3 aromatic rings. The lowest BCUT2D eigenvalue weighted by molar-refractivity contribution is 0.0882. The number of amides is 1. The van der Waals surface area contributed by atoms with E-state index in [1.165, 1.54) is 5.56 Å². The van der Waals surface area contributed by atoms with Gasteiger partial charge >= 0.3 is 0 Å². The van der Waals surface area contributed by atoms with Crippen molar-refractivity contribution in [3.8, 4) is 11.3 Å². The van der Waals surface area contributed by atoms with Crippen molar-refractivity contribution in [3.63, 3.8) is 0 Å². The third-order valence-electron chi connectivity index (χ3n) is 6.17. The van der Waals surface area contributed by atoms with Crippen LogP contribution in [0.4, 0.5) is 0 Å². The van der Waals surface area contributed by atoms with Crippen LogP contribution in [-0.4, -0.2) is 39.9 Å². The summed E-state index contributed by atoms with van der Waals surface area (Å²) in [5, 5.41) is 7.83. The maximum atomic E-state index is 12.8. The first-order valence-electron chi connectivity index (χ1n) is 11.1. The molecule has 1 saturated heterocycles. The topological polar surface area (TPSA) is 82.2 Å². The number of furan rings is 1. The second-order valence-corrected chi connectivity index (χ2v) is 8.50. The molecule has 2 aliphatic rings. The van der Waals surface area contributed by atoms with Crippen LogP contribution in [0.25, 0.3) is 11.3 Å². The Morgan fingerprint density at radius 1 is 1.29 bits per heavy atom.